The highest BCUT2D eigenvalue weighted by Crippen LogP contribution is 2.28. The highest BCUT2D eigenvalue weighted by molar-refractivity contribution is 6.42. The van der Waals surface area contributed by atoms with Gasteiger partial charge in [-0.1, -0.05) is 29.3 Å². The Morgan fingerprint density at radius 3 is 2.93 bits per heavy atom. The van der Waals surface area contributed by atoms with E-state index in [-0.39, 0.29) is 5.92 Å². The quantitative estimate of drug-likeness (QED) is 0.821. The highest BCUT2D eigenvalue weighted by atomic mass is 35.5. The average molecular weight is 245 g/mol. The Morgan fingerprint density at radius 2 is 2.13 bits per heavy atom. The van der Waals surface area contributed by atoms with E-state index in [1.54, 1.807) is 0 Å². The second-order valence-corrected chi connectivity index (χ2v) is 4.31. The molecule has 0 aliphatic carbocycles. The van der Waals surface area contributed by atoms with Crippen molar-refractivity contribution in [3.05, 3.63) is 40.4 Å². The zero-order chi connectivity index (χ0) is 10.7. The molecule has 1 aliphatic heterocycles. The van der Waals surface area contributed by atoms with Gasteiger partial charge in [0.2, 0.25) is 0 Å². The van der Waals surface area contributed by atoms with E-state index in [1.165, 1.54) is 0 Å². The van der Waals surface area contributed by atoms with E-state index < -0.39 is 0 Å². The Bertz CT molecular complexity index is 335. The molecule has 81 valence electrons. The lowest BCUT2D eigenvalue weighted by Gasteiger charge is -2.14. The van der Waals surface area contributed by atoms with E-state index in [2.05, 4.69) is 5.32 Å². The fourth-order valence-electron chi connectivity index (χ4n) is 1.56. The minimum atomic E-state index is 0.238. The van der Waals surface area contributed by atoms with Gasteiger partial charge in [0.1, 0.15) is 0 Å². The second kappa shape index (κ2) is 5.17. The summed E-state index contributed by atoms with van der Waals surface area (Å²) in [5.41, 5.74) is 1.12. The fraction of sp³-hybridized carbons (Fsp3) is 0.364. The molecule has 1 radical (unpaired) electrons. The topological polar surface area (TPSA) is 21.3 Å². The lowest BCUT2D eigenvalue weighted by Crippen LogP contribution is -2.20. The van der Waals surface area contributed by atoms with Gasteiger partial charge in [-0.3, -0.25) is 0 Å². The molecule has 1 N–H and O–H groups in total. The number of halogens is 2. The summed E-state index contributed by atoms with van der Waals surface area (Å²) in [6.45, 7) is 4.34. The summed E-state index contributed by atoms with van der Waals surface area (Å²) < 4.78 is 5.37. The van der Waals surface area contributed by atoms with Gasteiger partial charge < -0.3 is 10.1 Å². The summed E-state index contributed by atoms with van der Waals surface area (Å²) in [5, 5.41) is 4.47. The van der Waals surface area contributed by atoms with Crippen molar-refractivity contribution in [2.45, 2.75) is 5.92 Å². The molecule has 2 nitrogen and oxygen atoms in total. The van der Waals surface area contributed by atoms with Gasteiger partial charge in [-0.25, -0.2) is 0 Å². The number of hydrogen-bond acceptors (Lipinski definition) is 2. The third-order valence-corrected chi connectivity index (χ3v) is 3.13. The van der Waals surface area contributed by atoms with Crippen molar-refractivity contribution in [2.75, 3.05) is 19.7 Å². The number of hydrogen-bond donors (Lipinski definition) is 1. The van der Waals surface area contributed by atoms with Crippen molar-refractivity contribution in [1.29, 1.82) is 0 Å². The first-order valence-electron chi connectivity index (χ1n) is 4.88. The molecule has 15 heavy (non-hydrogen) atoms. The molecule has 1 unspecified atom stereocenters. The van der Waals surface area contributed by atoms with E-state index in [0.29, 0.717) is 10.0 Å². The molecule has 1 fully saturated rings. The summed E-state index contributed by atoms with van der Waals surface area (Å²) in [6, 6.07) is 5.69. The maximum Gasteiger partial charge on any atom is 0.0924 e. The Hall–Kier alpha value is -0.280. The molecule has 0 aromatic heterocycles. The lowest BCUT2D eigenvalue weighted by molar-refractivity contribution is 0.204. The summed E-state index contributed by atoms with van der Waals surface area (Å²) in [5.74, 6) is 0.238. The number of nitrogens with one attached hydrogen (secondary N) is 1. The minimum Gasteiger partial charge on any atom is -0.373 e. The Labute approximate surface area is 99.5 Å². The van der Waals surface area contributed by atoms with Crippen molar-refractivity contribution in [3.63, 3.8) is 0 Å². The number of rotatable bonds is 1. The molecule has 0 amide bonds. The molecular formula is C11H12Cl2NO. The van der Waals surface area contributed by atoms with Crippen LogP contribution in [0.25, 0.3) is 0 Å². The summed E-state index contributed by atoms with van der Waals surface area (Å²) in [7, 11) is 0. The normalized spacial score (nSPS) is 22.4. The van der Waals surface area contributed by atoms with Gasteiger partial charge in [-0.05, 0) is 17.7 Å². The van der Waals surface area contributed by atoms with E-state index in [9.17, 15) is 0 Å². The number of ether oxygens (including phenoxy) is 1. The van der Waals surface area contributed by atoms with E-state index in [0.717, 1.165) is 25.3 Å². The Morgan fingerprint density at radius 1 is 1.27 bits per heavy atom. The molecule has 2 rings (SSSR count). The molecule has 1 aliphatic rings. The van der Waals surface area contributed by atoms with Crippen LogP contribution in [0.2, 0.25) is 10.0 Å². The maximum atomic E-state index is 5.97. The monoisotopic (exact) mass is 244 g/mol. The third kappa shape index (κ3) is 2.85. The van der Waals surface area contributed by atoms with Gasteiger partial charge in [0.15, 0.2) is 0 Å². The van der Waals surface area contributed by atoms with E-state index >= 15 is 0 Å². The molecule has 4 heteroatoms. The summed E-state index contributed by atoms with van der Waals surface area (Å²) in [4.78, 5) is 0. The largest absolute Gasteiger partial charge is 0.373 e. The minimum absolute atomic E-state index is 0.238. The van der Waals surface area contributed by atoms with Crippen LogP contribution < -0.4 is 5.32 Å². The first-order chi connectivity index (χ1) is 7.27. The van der Waals surface area contributed by atoms with Crippen molar-refractivity contribution >= 4 is 23.2 Å². The molecular weight excluding hydrogens is 233 g/mol. The van der Waals surface area contributed by atoms with Gasteiger partial charge in [-0.2, -0.15) is 0 Å². The molecule has 0 bridgehead atoms. The van der Waals surface area contributed by atoms with Crippen LogP contribution in [0.5, 0.6) is 0 Å². The molecule has 1 aromatic rings. The molecule has 0 saturated carbocycles. The van der Waals surface area contributed by atoms with Gasteiger partial charge in [0, 0.05) is 19.0 Å². The molecule has 0 spiro atoms. The van der Waals surface area contributed by atoms with Crippen LogP contribution in [0.1, 0.15) is 11.5 Å². The first kappa shape index (κ1) is 11.2. The van der Waals surface area contributed by atoms with Crippen molar-refractivity contribution in [2.24, 2.45) is 0 Å². The van der Waals surface area contributed by atoms with Crippen LogP contribution in [0.4, 0.5) is 0 Å². The molecule has 1 atom stereocenters. The number of benzene rings is 1. The SMILES string of the molecule is Clc1ccc(C2[CH]OCCNC2)cc1Cl. The van der Waals surface area contributed by atoms with Gasteiger partial charge in [0.05, 0.1) is 23.3 Å². The van der Waals surface area contributed by atoms with Gasteiger partial charge in [-0.15, -0.1) is 0 Å². The molecule has 1 saturated heterocycles. The predicted octanol–water partition coefficient (Wildman–Crippen LogP) is 2.86. The van der Waals surface area contributed by atoms with Crippen LogP contribution in [0, 0.1) is 6.61 Å². The van der Waals surface area contributed by atoms with Crippen LogP contribution in [0.3, 0.4) is 0 Å². The standard InChI is InChI=1S/C11H12Cl2NO/c12-10-2-1-8(5-11(10)13)9-6-14-3-4-15-7-9/h1-2,5,7,9,14H,3-4,6H2. The fourth-order valence-corrected chi connectivity index (χ4v) is 1.87. The van der Waals surface area contributed by atoms with Gasteiger partial charge in [0.25, 0.3) is 0 Å². The molecule has 1 heterocycles. The predicted molar refractivity (Wildman–Crippen MR) is 62.3 cm³/mol. The first-order valence-corrected chi connectivity index (χ1v) is 5.63. The maximum absolute atomic E-state index is 5.97. The van der Waals surface area contributed by atoms with E-state index in [1.807, 2.05) is 24.8 Å². The smallest absolute Gasteiger partial charge is 0.0924 e. The summed E-state index contributed by atoms with van der Waals surface area (Å²) in [6.07, 6.45) is 0. The Balaban J connectivity index is 2.16. The van der Waals surface area contributed by atoms with Crippen LogP contribution in [-0.4, -0.2) is 19.7 Å². The Kier molecular flexibility index (Phi) is 3.87. The zero-order valence-electron chi connectivity index (χ0n) is 8.17. The van der Waals surface area contributed by atoms with Crippen molar-refractivity contribution < 1.29 is 4.74 Å². The van der Waals surface area contributed by atoms with Gasteiger partial charge >= 0.3 is 0 Å². The lowest BCUT2D eigenvalue weighted by atomic mass is 10.0. The van der Waals surface area contributed by atoms with Crippen LogP contribution >= 0.6 is 23.2 Å². The van der Waals surface area contributed by atoms with E-state index in [4.69, 9.17) is 27.9 Å². The third-order valence-electron chi connectivity index (χ3n) is 2.39. The van der Waals surface area contributed by atoms with Crippen molar-refractivity contribution in [3.8, 4) is 0 Å². The van der Waals surface area contributed by atoms with Crippen LogP contribution in [-0.2, 0) is 4.74 Å². The zero-order valence-corrected chi connectivity index (χ0v) is 9.68. The average Bonchev–Trinajstić information content (AvgIpc) is 2.50. The molecule has 1 aromatic carbocycles. The second-order valence-electron chi connectivity index (χ2n) is 3.49. The highest BCUT2D eigenvalue weighted by Gasteiger charge is 2.15. The van der Waals surface area contributed by atoms with Crippen LogP contribution in [0.15, 0.2) is 18.2 Å². The summed E-state index contributed by atoms with van der Waals surface area (Å²) >= 11 is 11.8. The van der Waals surface area contributed by atoms with Crippen molar-refractivity contribution in [1.82, 2.24) is 5.32 Å².